The molecular formula is C41H78BN7O11. The van der Waals surface area contributed by atoms with Gasteiger partial charge in [0.15, 0.2) is 0 Å². The Bertz CT molecular complexity index is 1290. The van der Waals surface area contributed by atoms with Gasteiger partial charge in [-0.15, -0.1) is 0 Å². The highest BCUT2D eigenvalue weighted by Crippen LogP contribution is 2.12. The average molecular weight is 856 g/mol. The van der Waals surface area contributed by atoms with E-state index in [4.69, 9.17) is 14.8 Å². The van der Waals surface area contributed by atoms with E-state index in [-0.39, 0.29) is 31.3 Å². The Kier molecular flexibility index (Phi) is 30.8. The van der Waals surface area contributed by atoms with Gasteiger partial charge in [-0.25, -0.2) is 0 Å². The van der Waals surface area contributed by atoms with Crippen LogP contribution < -0.4 is 31.9 Å². The standard InChI is InChI=1S/C41H78BN7O11/c1-9-11-13-14-15-16-17-18-19-20-21-22-34(51)47-33(26-60-23-12-10-2)40(56)45-29(5)37(53)43-25-35(52)49(8)36(31(7)50)41(57)46-30(6)38(54)48-32(24-28(3)4)39(55)44-27-42(58)59/h28-33,36,50,58-59H,9-27H2,1-8H3,(H,43,53)(H,44,55)(H,45,56)(H,46,57)(H,47,51)(H,48,54)/t29-,30+,31?,32+,33-,36+/m1/s1. The fourth-order valence-corrected chi connectivity index (χ4v) is 6.22. The van der Waals surface area contributed by atoms with Gasteiger partial charge in [-0.3, -0.25) is 33.6 Å². The Morgan fingerprint density at radius 2 is 1.15 bits per heavy atom. The number of hydrogen-bond acceptors (Lipinski definition) is 11. The minimum atomic E-state index is -1.79. The van der Waals surface area contributed by atoms with E-state index in [9.17, 15) is 38.7 Å². The third-order valence-corrected chi connectivity index (χ3v) is 9.84. The predicted octanol–water partition coefficient (Wildman–Crippen LogP) is 0.982. The van der Waals surface area contributed by atoms with Gasteiger partial charge >= 0.3 is 7.12 Å². The highest BCUT2D eigenvalue weighted by Gasteiger charge is 2.34. The molecule has 0 aliphatic carbocycles. The normalized spacial score (nSPS) is 14.1. The number of carbonyl (C=O) groups is 7. The van der Waals surface area contributed by atoms with Crippen LogP contribution in [0.5, 0.6) is 0 Å². The monoisotopic (exact) mass is 856 g/mol. The van der Waals surface area contributed by atoms with Gasteiger partial charge in [0.2, 0.25) is 41.4 Å². The first-order chi connectivity index (χ1) is 28.4. The smallest absolute Gasteiger partial charge is 0.426 e. The van der Waals surface area contributed by atoms with Crippen LogP contribution in [-0.4, -0.2) is 138 Å². The molecule has 0 aromatic heterocycles. The van der Waals surface area contributed by atoms with E-state index >= 15 is 0 Å². The summed E-state index contributed by atoms with van der Waals surface area (Å²) in [7, 11) is -0.549. The van der Waals surface area contributed by atoms with Crippen LogP contribution in [0.4, 0.5) is 0 Å². The van der Waals surface area contributed by atoms with Crippen molar-refractivity contribution in [2.75, 3.05) is 33.3 Å². The first-order valence-corrected chi connectivity index (χ1v) is 22.0. The average Bonchev–Trinajstić information content (AvgIpc) is 3.18. The number of ether oxygens (including phenoxy) is 1. The Hall–Kier alpha value is -3.81. The minimum absolute atomic E-state index is 0.0302. The molecule has 6 atom stereocenters. The fourth-order valence-electron chi connectivity index (χ4n) is 6.22. The molecule has 9 N–H and O–H groups in total. The van der Waals surface area contributed by atoms with E-state index in [1.54, 1.807) is 0 Å². The van der Waals surface area contributed by atoms with E-state index < -0.39 is 91.9 Å². The Morgan fingerprint density at radius 1 is 0.617 bits per heavy atom. The second kappa shape index (κ2) is 32.9. The molecule has 0 saturated carbocycles. The molecule has 0 aliphatic heterocycles. The van der Waals surface area contributed by atoms with Crippen molar-refractivity contribution in [3.63, 3.8) is 0 Å². The zero-order valence-electron chi connectivity index (χ0n) is 37.6. The lowest BCUT2D eigenvalue weighted by molar-refractivity contribution is -0.144. The van der Waals surface area contributed by atoms with Crippen LogP contribution in [0.15, 0.2) is 0 Å². The number of carbonyl (C=O) groups excluding carboxylic acids is 7. The minimum Gasteiger partial charge on any atom is -0.426 e. The first-order valence-electron chi connectivity index (χ1n) is 22.0. The fraction of sp³-hybridized carbons (Fsp3) is 0.829. The summed E-state index contributed by atoms with van der Waals surface area (Å²) in [5, 5.41) is 43.6. The lowest BCUT2D eigenvalue weighted by Gasteiger charge is -2.31. The summed E-state index contributed by atoms with van der Waals surface area (Å²) in [6.07, 6.45) is 12.9. The number of nitrogens with zero attached hydrogens (tertiary/aromatic N) is 1. The van der Waals surface area contributed by atoms with Gasteiger partial charge in [0, 0.05) is 20.1 Å². The molecule has 0 spiro atoms. The number of nitrogens with one attached hydrogen (secondary N) is 6. The van der Waals surface area contributed by atoms with Gasteiger partial charge in [0.1, 0.15) is 30.2 Å². The molecule has 18 nitrogen and oxygen atoms in total. The summed E-state index contributed by atoms with van der Waals surface area (Å²) in [5.41, 5.74) is 0. The highest BCUT2D eigenvalue weighted by atomic mass is 16.5. The van der Waals surface area contributed by atoms with Crippen molar-refractivity contribution in [2.45, 2.75) is 181 Å². The lowest BCUT2D eigenvalue weighted by atomic mass is 9.92. The van der Waals surface area contributed by atoms with E-state index in [0.717, 1.165) is 37.0 Å². The molecule has 0 aromatic carbocycles. The summed E-state index contributed by atoms with van der Waals surface area (Å²) in [5.74, 6) is -4.72. The van der Waals surface area contributed by atoms with Crippen LogP contribution in [0.25, 0.3) is 0 Å². The molecule has 0 aromatic rings. The van der Waals surface area contributed by atoms with Crippen LogP contribution >= 0.6 is 0 Å². The maximum Gasteiger partial charge on any atom is 0.472 e. The molecule has 0 bridgehead atoms. The Morgan fingerprint density at radius 3 is 1.68 bits per heavy atom. The van der Waals surface area contributed by atoms with Gasteiger partial charge in [-0.1, -0.05) is 98.3 Å². The predicted molar refractivity (Wildman–Crippen MR) is 230 cm³/mol. The summed E-state index contributed by atoms with van der Waals surface area (Å²) in [6, 6.07) is -5.91. The molecule has 0 rings (SSSR count). The van der Waals surface area contributed by atoms with E-state index in [1.807, 2.05) is 20.8 Å². The van der Waals surface area contributed by atoms with Crippen LogP contribution in [0.2, 0.25) is 0 Å². The lowest BCUT2D eigenvalue weighted by Crippen LogP contribution is -2.59. The molecule has 0 aliphatic rings. The second-order valence-corrected chi connectivity index (χ2v) is 16.1. The number of rotatable bonds is 34. The summed E-state index contributed by atoms with van der Waals surface area (Å²) >= 11 is 0. The van der Waals surface area contributed by atoms with Gasteiger partial charge < -0.3 is 56.7 Å². The van der Waals surface area contributed by atoms with E-state index in [0.29, 0.717) is 13.0 Å². The Labute approximate surface area is 358 Å². The van der Waals surface area contributed by atoms with Gasteiger partial charge in [-0.05, 0) is 46.0 Å². The van der Waals surface area contributed by atoms with Crippen molar-refractivity contribution in [1.29, 1.82) is 0 Å². The van der Waals surface area contributed by atoms with Crippen molar-refractivity contribution >= 4 is 48.5 Å². The van der Waals surface area contributed by atoms with Gasteiger partial charge in [0.05, 0.1) is 25.7 Å². The molecule has 0 fully saturated rings. The molecule has 346 valence electrons. The van der Waals surface area contributed by atoms with Gasteiger partial charge in [0.25, 0.3) is 0 Å². The van der Waals surface area contributed by atoms with Crippen molar-refractivity contribution in [2.24, 2.45) is 5.92 Å². The topological polar surface area (TPSA) is 265 Å². The quantitative estimate of drug-likeness (QED) is 0.0326. The number of aliphatic hydroxyl groups is 1. The second-order valence-electron chi connectivity index (χ2n) is 16.1. The number of unbranched alkanes of at least 4 members (excludes halogenated alkanes) is 11. The molecular weight excluding hydrogens is 777 g/mol. The number of likely N-dealkylation sites (N-methyl/N-ethyl adjacent to an activating group) is 1. The number of aliphatic hydroxyl groups excluding tert-OH is 1. The molecule has 1 unspecified atom stereocenters. The maximum absolute atomic E-state index is 13.2. The summed E-state index contributed by atoms with van der Waals surface area (Å²) < 4.78 is 5.64. The summed E-state index contributed by atoms with van der Waals surface area (Å²) in [6.45, 7) is 11.6. The van der Waals surface area contributed by atoms with E-state index in [1.165, 1.54) is 72.8 Å². The van der Waals surface area contributed by atoms with Crippen molar-refractivity contribution in [3.8, 4) is 0 Å². The molecule has 60 heavy (non-hydrogen) atoms. The zero-order valence-corrected chi connectivity index (χ0v) is 37.6. The van der Waals surface area contributed by atoms with Crippen molar-refractivity contribution < 1.29 is 53.5 Å². The van der Waals surface area contributed by atoms with Crippen LogP contribution in [0.1, 0.15) is 145 Å². The van der Waals surface area contributed by atoms with Crippen LogP contribution in [-0.2, 0) is 38.3 Å². The van der Waals surface area contributed by atoms with Crippen molar-refractivity contribution in [1.82, 2.24) is 36.8 Å². The summed E-state index contributed by atoms with van der Waals surface area (Å²) in [4.78, 5) is 91.8. The van der Waals surface area contributed by atoms with Crippen molar-refractivity contribution in [3.05, 3.63) is 0 Å². The third-order valence-electron chi connectivity index (χ3n) is 9.84. The zero-order chi connectivity index (χ0) is 45.6. The van der Waals surface area contributed by atoms with Gasteiger partial charge in [-0.2, -0.15) is 0 Å². The third kappa shape index (κ3) is 25.7. The largest absolute Gasteiger partial charge is 0.472 e. The number of amides is 7. The molecule has 19 heteroatoms. The highest BCUT2D eigenvalue weighted by molar-refractivity contribution is 6.41. The van der Waals surface area contributed by atoms with Crippen LogP contribution in [0, 0.1) is 5.92 Å². The van der Waals surface area contributed by atoms with E-state index in [2.05, 4.69) is 38.8 Å². The molecule has 0 saturated heterocycles. The van der Waals surface area contributed by atoms with Crippen LogP contribution in [0.3, 0.4) is 0 Å². The first kappa shape index (κ1) is 56.2. The Balaban J connectivity index is 5.19. The number of hydrogen-bond donors (Lipinski definition) is 9. The SMILES string of the molecule is CCCCCCCCCCCCCC(=O)N[C@H](COCCCC)C(=O)N[C@H](C)C(=O)NCC(=O)N(C)[C@H](C(=O)N[C@@H](C)C(=O)N[C@@H](CC(C)C)C(=O)NCB(O)O)C(C)O. The maximum atomic E-state index is 13.2. The molecule has 0 heterocycles. The molecule has 0 radical (unpaired) electrons. The molecule has 7 amide bonds.